The van der Waals surface area contributed by atoms with Gasteiger partial charge in [0.15, 0.2) is 15.8 Å². The zero-order valence-corrected chi connectivity index (χ0v) is 16.8. The van der Waals surface area contributed by atoms with Crippen molar-refractivity contribution in [2.24, 2.45) is 10.9 Å². The third-order valence-electron chi connectivity index (χ3n) is 4.42. The summed E-state index contributed by atoms with van der Waals surface area (Å²) in [6, 6.07) is 11.3. The predicted octanol–water partition coefficient (Wildman–Crippen LogP) is 1.36. The summed E-state index contributed by atoms with van der Waals surface area (Å²) < 4.78 is 23.8. The molecule has 1 unspecified atom stereocenters. The molecule has 0 spiro atoms. The van der Waals surface area contributed by atoms with E-state index in [4.69, 9.17) is 5.11 Å². The fraction of sp³-hybridized carbons (Fsp3) is 0.200. The Morgan fingerprint density at radius 3 is 2.30 bits per heavy atom. The Bertz CT molecular complexity index is 1110. The second-order valence-corrected chi connectivity index (χ2v) is 8.70. The molecular formula is C20H19N3O6S. The van der Waals surface area contributed by atoms with Crippen LogP contribution in [-0.2, 0) is 19.4 Å². The molecular weight excluding hydrogens is 410 g/mol. The Hall–Kier alpha value is -3.37. The van der Waals surface area contributed by atoms with Crippen molar-refractivity contribution in [2.45, 2.75) is 11.8 Å². The van der Waals surface area contributed by atoms with Crippen molar-refractivity contribution in [3.05, 3.63) is 54.1 Å². The van der Waals surface area contributed by atoms with Crippen LogP contribution in [0.25, 0.3) is 0 Å². The fourth-order valence-electron chi connectivity index (χ4n) is 2.80. The van der Waals surface area contributed by atoms with Gasteiger partial charge < -0.3 is 5.11 Å². The lowest BCUT2D eigenvalue weighted by molar-refractivity contribution is -0.131. The number of barbiturate groups is 1. The monoisotopic (exact) mass is 429 g/mol. The Labute approximate surface area is 173 Å². The van der Waals surface area contributed by atoms with E-state index in [0.29, 0.717) is 11.4 Å². The highest BCUT2D eigenvalue weighted by atomic mass is 32.2. The zero-order valence-electron chi connectivity index (χ0n) is 16.0. The molecule has 0 bridgehead atoms. The van der Waals surface area contributed by atoms with Crippen LogP contribution in [0.3, 0.4) is 0 Å². The van der Waals surface area contributed by atoms with E-state index >= 15 is 0 Å². The molecule has 3 rings (SSSR count). The highest BCUT2D eigenvalue weighted by molar-refractivity contribution is 7.91. The highest BCUT2D eigenvalue weighted by Gasteiger charge is 2.40. The number of rotatable bonds is 6. The van der Waals surface area contributed by atoms with E-state index in [1.165, 1.54) is 24.3 Å². The molecule has 2 aromatic carbocycles. The minimum absolute atomic E-state index is 0.0260. The number of carbonyl (C=O) groups excluding carboxylic acids is 3. The van der Waals surface area contributed by atoms with E-state index < -0.39 is 46.0 Å². The van der Waals surface area contributed by atoms with Gasteiger partial charge in [-0.15, -0.1) is 0 Å². The molecule has 1 fully saturated rings. The summed E-state index contributed by atoms with van der Waals surface area (Å²) >= 11 is 0. The molecule has 30 heavy (non-hydrogen) atoms. The van der Waals surface area contributed by atoms with Crippen LogP contribution in [0.5, 0.6) is 0 Å². The van der Waals surface area contributed by atoms with Crippen molar-refractivity contribution in [3.63, 3.8) is 0 Å². The summed E-state index contributed by atoms with van der Waals surface area (Å²) in [6.45, 7) is 1.37. The molecule has 156 valence electrons. The smallest absolute Gasteiger partial charge is 0.335 e. The van der Waals surface area contributed by atoms with Crippen LogP contribution in [0, 0.1) is 12.8 Å². The van der Waals surface area contributed by atoms with Crippen LogP contribution >= 0.6 is 0 Å². The van der Waals surface area contributed by atoms with Crippen LogP contribution in [0.2, 0.25) is 0 Å². The Morgan fingerprint density at radius 1 is 1.07 bits per heavy atom. The average molecular weight is 429 g/mol. The first-order chi connectivity index (χ1) is 14.2. The minimum Gasteiger partial charge on any atom is -0.395 e. The predicted molar refractivity (Wildman–Crippen MR) is 109 cm³/mol. The van der Waals surface area contributed by atoms with Gasteiger partial charge in [0, 0.05) is 6.21 Å². The van der Waals surface area contributed by atoms with Crippen LogP contribution in [0.4, 0.5) is 16.2 Å². The van der Waals surface area contributed by atoms with Crippen molar-refractivity contribution >= 4 is 45.3 Å². The Balaban J connectivity index is 1.81. The molecule has 2 N–H and O–H groups in total. The molecule has 1 aliphatic heterocycles. The van der Waals surface area contributed by atoms with Gasteiger partial charge in [-0.1, -0.05) is 17.7 Å². The van der Waals surface area contributed by atoms with E-state index in [-0.39, 0.29) is 4.90 Å². The van der Waals surface area contributed by atoms with Crippen molar-refractivity contribution in [1.29, 1.82) is 0 Å². The topological polar surface area (TPSA) is 133 Å². The van der Waals surface area contributed by atoms with Gasteiger partial charge in [-0.05, 0) is 43.3 Å². The van der Waals surface area contributed by atoms with Gasteiger partial charge in [0.25, 0.3) is 5.91 Å². The number of nitrogens with one attached hydrogen (secondary N) is 1. The second-order valence-electron chi connectivity index (χ2n) is 6.60. The molecule has 0 radical (unpaired) electrons. The van der Waals surface area contributed by atoms with Crippen LogP contribution in [0.1, 0.15) is 5.56 Å². The van der Waals surface area contributed by atoms with Crippen molar-refractivity contribution in [1.82, 2.24) is 5.32 Å². The summed E-state index contributed by atoms with van der Waals surface area (Å²) in [5.74, 6) is -3.24. The van der Waals surface area contributed by atoms with E-state index in [1.807, 2.05) is 6.92 Å². The lowest BCUT2D eigenvalue weighted by Gasteiger charge is -2.28. The third kappa shape index (κ3) is 4.44. The average Bonchev–Trinajstić information content (AvgIpc) is 2.69. The number of aliphatic hydroxyl groups is 1. The molecule has 0 aliphatic carbocycles. The van der Waals surface area contributed by atoms with Crippen LogP contribution in [0.15, 0.2) is 58.4 Å². The number of hydrogen-bond acceptors (Lipinski definition) is 7. The summed E-state index contributed by atoms with van der Waals surface area (Å²) in [6.07, 6.45) is 1.11. The number of anilines is 1. The third-order valence-corrected chi connectivity index (χ3v) is 6.13. The van der Waals surface area contributed by atoms with Gasteiger partial charge in [0.1, 0.15) is 0 Å². The summed E-state index contributed by atoms with van der Waals surface area (Å²) in [4.78, 5) is 42.1. The van der Waals surface area contributed by atoms with Gasteiger partial charge in [0.2, 0.25) is 5.91 Å². The number of imide groups is 2. The SMILES string of the molecule is Cc1ccc(N2C(=O)NC(=O)C(C=Nc3ccc(S(=O)(=O)CCO)cc3)C2=O)cc1. The first-order valence-electron chi connectivity index (χ1n) is 8.96. The van der Waals surface area contributed by atoms with E-state index in [0.717, 1.165) is 16.7 Å². The van der Waals surface area contributed by atoms with Crippen molar-refractivity contribution in [2.75, 3.05) is 17.3 Å². The van der Waals surface area contributed by atoms with Crippen LogP contribution < -0.4 is 10.2 Å². The van der Waals surface area contributed by atoms with Crippen molar-refractivity contribution < 1.29 is 27.9 Å². The van der Waals surface area contributed by atoms with Gasteiger partial charge >= 0.3 is 6.03 Å². The molecule has 0 saturated carbocycles. The van der Waals surface area contributed by atoms with E-state index in [2.05, 4.69) is 10.3 Å². The number of urea groups is 1. The Kier molecular flexibility index (Phi) is 6.09. The van der Waals surface area contributed by atoms with Crippen molar-refractivity contribution in [3.8, 4) is 0 Å². The van der Waals surface area contributed by atoms with Gasteiger partial charge in [-0.25, -0.2) is 18.1 Å². The number of aliphatic imine (C=N–C) groups is 1. The number of aryl methyl sites for hydroxylation is 1. The molecule has 1 atom stereocenters. The molecule has 1 saturated heterocycles. The second kappa shape index (κ2) is 8.56. The number of amides is 4. The first kappa shape index (κ1) is 21.3. The maximum Gasteiger partial charge on any atom is 0.335 e. The van der Waals surface area contributed by atoms with Gasteiger partial charge in [0.05, 0.1) is 28.6 Å². The minimum atomic E-state index is -3.59. The number of aliphatic hydroxyl groups excluding tert-OH is 1. The molecule has 10 heteroatoms. The molecule has 1 aliphatic rings. The first-order valence-corrected chi connectivity index (χ1v) is 10.6. The highest BCUT2D eigenvalue weighted by Crippen LogP contribution is 2.22. The maximum atomic E-state index is 12.8. The zero-order chi connectivity index (χ0) is 21.9. The number of nitrogens with zero attached hydrogens (tertiary/aromatic N) is 2. The van der Waals surface area contributed by atoms with Gasteiger partial charge in [-0.2, -0.15) is 0 Å². The summed E-state index contributed by atoms with van der Waals surface area (Å²) in [5.41, 5.74) is 1.59. The van der Waals surface area contributed by atoms with E-state index in [1.54, 1.807) is 24.3 Å². The molecule has 9 nitrogen and oxygen atoms in total. The maximum absolute atomic E-state index is 12.8. The molecule has 0 aromatic heterocycles. The van der Waals surface area contributed by atoms with E-state index in [9.17, 15) is 22.8 Å². The standard InChI is InChI=1S/C20H19N3O6S/c1-13-2-6-15(7-3-13)23-19(26)17(18(25)22-20(23)27)12-21-14-4-8-16(9-5-14)30(28,29)11-10-24/h2-9,12,17,24H,10-11H2,1H3,(H,22,25,27). The number of hydrogen-bond donors (Lipinski definition) is 2. The van der Waals surface area contributed by atoms with Gasteiger partial charge in [-0.3, -0.25) is 19.9 Å². The number of carbonyl (C=O) groups is 3. The lowest BCUT2D eigenvalue weighted by Crippen LogP contribution is -2.58. The quantitative estimate of drug-likeness (QED) is 0.526. The summed E-state index contributed by atoms with van der Waals surface area (Å²) in [7, 11) is -3.59. The molecule has 2 aromatic rings. The number of sulfone groups is 1. The number of benzene rings is 2. The summed E-state index contributed by atoms with van der Waals surface area (Å²) in [5, 5.41) is 11.0. The van der Waals surface area contributed by atoms with Crippen LogP contribution in [-0.4, -0.2) is 49.9 Å². The lowest BCUT2D eigenvalue weighted by atomic mass is 10.1. The molecule has 4 amide bonds. The largest absolute Gasteiger partial charge is 0.395 e. The fourth-order valence-corrected chi connectivity index (χ4v) is 3.83. The Morgan fingerprint density at radius 2 is 1.70 bits per heavy atom. The normalized spacial score (nSPS) is 17.5. The molecule has 1 heterocycles.